The molecule has 0 spiro atoms. The standard InChI is InChI=1S/C21H19F3N4O3S2/c1-4-30-19(29)17-14(27-20(33-17)26-11(2)3)10-32-18-13(9-25)12(15-6-5-7-31-15)8-16(28-18)21(22,23)24/h5-8,11H,4,10H2,1-3H3,(H,26,27). The number of aromatic nitrogens is 2. The molecular weight excluding hydrogens is 477 g/mol. The number of nitrogens with zero attached hydrogens (tertiary/aromatic N) is 3. The maximum atomic E-state index is 13.5. The molecule has 3 rings (SSSR count). The van der Waals surface area contributed by atoms with Crippen molar-refractivity contribution in [1.29, 1.82) is 5.26 Å². The Balaban J connectivity index is 2.02. The molecule has 0 amide bonds. The molecule has 0 aliphatic carbocycles. The molecule has 7 nitrogen and oxygen atoms in total. The first-order valence-corrected chi connectivity index (χ1v) is 11.6. The van der Waals surface area contributed by atoms with Crippen LogP contribution in [-0.2, 0) is 16.7 Å². The Bertz CT molecular complexity index is 1170. The van der Waals surface area contributed by atoms with E-state index in [2.05, 4.69) is 15.3 Å². The number of carbonyl (C=O) groups is 1. The molecule has 1 N–H and O–H groups in total. The van der Waals surface area contributed by atoms with Crippen molar-refractivity contribution in [3.05, 3.63) is 46.3 Å². The molecule has 0 unspecified atom stereocenters. The highest BCUT2D eigenvalue weighted by atomic mass is 32.2. The van der Waals surface area contributed by atoms with E-state index in [4.69, 9.17) is 9.15 Å². The van der Waals surface area contributed by atoms with E-state index < -0.39 is 17.8 Å². The number of furan rings is 1. The van der Waals surface area contributed by atoms with Crippen molar-refractivity contribution in [2.75, 3.05) is 11.9 Å². The van der Waals surface area contributed by atoms with Crippen LogP contribution < -0.4 is 5.32 Å². The first kappa shape index (κ1) is 24.6. The second-order valence-corrected chi connectivity index (χ2v) is 8.89. The lowest BCUT2D eigenvalue weighted by atomic mass is 10.1. The Morgan fingerprint density at radius 1 is 1.39 bits per heavy atom. The first-order valence-electron chi connectivity index (χ1n) is 9.76. The van der Waals surface area contributed by atoms with Crippen molar-refractivity contribution in [1.82, 2.24) is 9.97 Å². The van der Waals surface area contributed by atoms with Crippen LogP contribution >= 0.6 is 23.1 Å². The highest BCUT2D eigenvalue weighted by molar-refractivity contribution is 7.98. The van der Waals surface area contributed by atoms with Crippen molar-refractivity contribution < 1.29 is 27.1 Å². The van der Waals surface area contributed by atoms with Crippen molar-refractivity contribution in [2.45, 2.75) is 43.8 Å². The Morgan fingerprint density at radius 3 is 2.73 bits per heavy atom. The molecule has 12 heteroatoms. The van der Waals surface area contributed by atoms with Crippen LogP contribution in [0, 0.1) is 11.3 Å². The number of thioether (sulfide) groups is 1. The van der Waals surface area contributed by atoms with Crippen LogP contribution in [0.2, 0.25) is 0 Å². The maximum Gasteiger partial charge on any atom is 0.433 e. The minimum atomic E-state index is -4.73. The summed E-state index contributed by atoms with van der Waals surface area (Å²) < 4.78 is 50.8. The van der Waals surface area contributed by atoms with Crippen molar-refractivity contribution in [3.63, 3.8) is 0 Å². The fraction of sp³-hybridized carbons (Fsp3) is 0.333. The van der Waals surface area contributed by atoms with Gasteiger partial charge in [-0.1, -0.05) is 23.1 Å². The summed E-state index contributed by atoms with van der Waals surface area (Å²) in [6.45, 7) is 5.64. The molecule has 0 bridgehead atoms. The summed E-state index contributed by atoms with van der Waals surface area (Å²) in [5.41, 5.74) is -0.898. The molecule has 0 fully saturated rings. The zero-order chi connectivity index (χ0) is 24.2. The van der Waals surface area contributed by atoms with Gasteiger partial charge in [0.15, 0.2) is 5.13 Å². The second-order valence-electron chi connectivity index (χ2n) is 6.93. The van der Waals surface area contributed by atoms with E-state index in [9.17, 15) is 23.2 Å². The zero-order valence-electron chi connectivity index (χ0n) is 17.8. The minimum Gasteiger partial charge on any atom is -0.464 e. The molecule has 0 atom stereocenters. The number of alkyl halides is 3. The lowest BCUT2D eigenvalue weighted by Gasteiger charge is -2.12. The van der Waals surface area contributed by atoms with Crippen LogP contribution in [0.1, 0.15) is 47.4 Å². The first-order chi connectivity index (χ1) is 15.6. The third-order valence-electron chi connectivity index (χ3n) is 4.09. The Labute approximate surface area is 196 Å². The molecule has 3 aromatic rings. The Hall–Kier alpha value is -3.04. The predicted octanol–water partition coefficient (Wildman–Crippen LogP) is 5.98. The number of pyridine rings is 1. The van der Waals surface area contributed by atoms with Gasteiger partial charge in [-0.25, -0.2) is 14.8 Å². The van der Waals surface area contributed by atoms with Gasteiger partial charge in [-0.15, -0.1) is 0 Å². The van der Waals surface area contributed by atoms with Gasteiger partial charge in [-0.2, -0.15) is 18.4 Å². The predicted molar refractivity (Wildman–Crippen MR) is 118 cm³/mol. The highest BCUT2D eigenvalue weighted by Gasteiger charge is 2.35. The summed E-state index contributed by atoms with van der Waals surface area (Å²) in [7, 11) is 0. The minimum absolute atomic E-state index is 0.00497. The van der Waals surface area contributed by atoms with Crippen LogP contribution in [-0.4, -0.2) is 28.6 Å². The average Bonchev–Trinajstić information content (AvgIpc) is 3.40. The normalized spacial score (nSPS) is 11.5. The molecule has 3 heterocycles. The molecule has 3 aromatic heterocycles. The fourth-order valence-corrected chi connectivity index (χ4v) is 4.81. The van der Waals surface area contributed by atoms with E-state index >= 15 is 0 Å². The van der Waals surface area contributed by atoms with Crippen LogP contribution in [0.5, 0.6) is 0 Å². The number of hydrogen-bond acceptors (Lipinski definition) is 9. The summed E-state index contributed by atoms with van der Waals surface area (Å²) in [5, 5.41) is 13.1. The zero-order valence-corrected chi connectivity index (χ0v) is 19.5. The van der Waals surface area contributed by atoms with Gasteiger partial charge in [-0.05, 0) is 39.0 Å². The largest absolute Gasteiger partial charge is 0.464 e. The lowest BCUT2D eigenvalue weighted by molar-refractivity contribution is -0.141. The molecular formula is C21H19F3N4O3S2. The van der Waals surface area contributed by atoms with E-state index in [-0.39, 0.29) is 45.2 Å². The summed E-state index contributed by atoms with van der Waals surface area (Å²) in [5.74, 6) is -0.452. The van der Waals surface area contributed by atoms with Gasteiger partial charge in [-0.3, -0.25) is 0 Å². The van der Waals surface area contributed by atoms with Gasteiger partial charge < -0.3 is 14.5 Å². The molecule has 0 saturated carbocycles. The van der Waals surface area contributed by atoms with Crippen LogP contribution in [0.25, 0.3) is 11.3 Å². The van der Waals surface area contributed by atoms with Gasteiger partial charge >= 0.3 is 12.1 Å². The molecule has 0 saturated heterocycles. The smallest absolute Gasteiger partial charge is 0.433 e. The molecule has 174 valence electrons. The van der Waals surface area contributed by atoms with E-state index in [1.54, 1.807) is 6.92 Å². The molecule has 33 heavy (non-hydrogen) atoms. The molecule has 0 aliphatic rings. The number of halogens is 3. The van der Waals surface area contributed by atoms with Gasteiger partial charge in [0.05, 0.1) is 24.1 Å². The maximum absolute atomic E-state index is 13.5. The van der Waals surface area contributed by atoms with Crippen molar-refractivity contribution in [2.24, 2.45) is 0 Å². The van der Waals surface area contributed by atoms with Gasteiger partial charge in [0.1, 0.15) is 27.4 Å². The summed E-state index contributed by atoms with van der Waals surface area (Å²) in [6.07, 6.45) is -3.42. The molecule has 0 aromatic carbocycles. The highest BCUT2D eigenvalue weighted by Crippen LogP contribution is 2.38. The average molecular weight is 497 g/mol. The lowest BCUT2D eigenvalue weighted by Crippen LogP contribution is -2.10. The monoisotopic (exact) mass is 496 g/mol. The third-order valence-corrected chi connectivity index (χ3v) is 6.09. The number of carbonyl (C=O) groups excluding carboxylic acids is 1. The summed E-state index contributed by atoms with van der Waals surface area (Å²) in [6, 6.07) is 5.75. The van der Waals surface area contributed by atoms with Gasteiger partial charge in [0.25, 0.3) is 0 Å². The van der Waals surface area contributed by atoms with Crippen LogP contribution in [0.3, 0.4) is 0 Å². The van der Waals surface area contributed by atoms with Crippen LogP contribution in [0.15, 0.2) is 33.9 Å². The molecule has 0 aliphatic heterocycles. The molecule has 0 radical (unpaired) electrons. The SMILES string of the molecule is CCOC(=O)c1sc(NC(C)C)nc1CSc1nc(C(F)(F)F)cc(-c2ccco2)c1C#N. The number of nitriles is 1. The van der Waals surface area contributed by atoms with Crippen LogP contribution in [0.4, 0.5) is 18.3 Å². The van der Waals surface area contributed by atoms with E-state index in [0.29, 0.717) is 10.8 Å². The van der Waals surface area contributed by atoms with E-state index in [1.165, 1.54) is 18.4 Å². The number of hydrogen-bond donors (Lipinski definition) is 1. The summed E-state index contributed by atoms with van der Waals surface area (Å²) >= 11 is 1.98. The third kappa shape index (κ3) is 5.85. The fourth-order valence-electron chi connectivity index (χ4n) is 2.76. The second kappa shape index (κ2) is 10.3. The number of thiazole rings is 1. The van der Waals surface area contributed by atoms with Gasteiger partial charge in [0.2, 0.25) is 0 Å². The topological polar surface area (TPSA) is 101 Å². The number of esters is 1. The number of nitrogens with one attached hydrogen (secondary N) is 1. The van der Waals surface area contributed by atoms with E-state index in [1.807, 2.05) is 19.9 Å². The van der Waals surface area contributed by atoms with Crippen molar-refractivity contribution >= 4 is 34.2 Å². The summed E-state index contributed by atoms with van der Waals surface area (Å²) in [4.78, 5) is 20.7. The van der Waals surface area contributed by atoms with E-state index in [0.717, 1.165) is 29.2 Å². The number of anilines is 1. The Morgan fingerprint density at radius 2 is 2.15 bits per heavy atom. The van der Waals surface area contributed by atoms with Gasteiger partial charge in [0, 0.05) is 17.4 Å². The number of rotatable bonds is 8. The number of ether oxygens (including phenoxy) is 1. The van der Waals surface area contributed by atoms with Crippen molar-refractivity contribution in [3.8, 4) is 17.4 Å². The quantitative estimate of drug-likeness (QED) is 0.300. The Kier molecular flexibility index (Phi) is 7.65.